The van der Waals surface area contributed by atoms with E-state index in [2.05, 4.69) is 4.98 Å². The van der Waals surface area contributed by atoms with Crippen LogP contribution in [0.15, 0.2) is 40.8 Å². The Labute approximate surface area is 160 Å². The number of thiophene rings is 3. The van der Waals surface area contributed by atoms with E-state index >= 15 is 0 Å². The predicted octanol–water partition coefficient (Wildman–Crippen LogP) is 5.09. The maximum absolute atomic E-state index is 12.9. The summed E-state index contributed by atoms with van der Waals surface area (Å²) >= 11 is 10.2. The van der Waals surface area contributed by atoms with Crippen LogP contribution in [0.5, 0.6) is 0 Å². The number of fused-ring (bicyclic) bond motifs is 1. The van der Waals surface area contributed by atoms with Gasteiger partial charge in [-0.05, 0) is 31.2 Å². The fraction of sp³-hybridized carbons (Fsp3) is 0.118. The Morgan fingerprint density at radius 2 is 2.08 bits per heavy atom. The van der Waals surface area contributed by atoms with E-state index in [-0.39, 0.29) is 17.9 Å². The molecular weight excluding hydrogens is 396 g/mol. The second-order valence-electron chi connectivity index (χ2n) is 5.44. The Morgan fingerprint density at radius 1 is 1.24 bits per heavy atom. The highest BCUT2D eigenvalue weighted by atomic mass is 35.5. The van der Waals surface area contributed by atoms with Gasteiger partial charge in [0, 0.05) is 20.7 Å². The zero-order chi connectivity index (χ0) is 17.6. The first kappa shape index (κ1) is 16.7. The summed E-state index contributed by atoms with van der Waals surface area (Å²) in [5.41, 5.74) is 0.694. The number of Topliss-reactive ketones (excluding diaryl/α,β-unsaturated/α-hetero) is 1. The second-order valence-corrected chi connectivity index (χ2v) is 9.31. The van der Waals surface area contributed by atoms with Gasteiger partial charge < -0.3 is 0 Å². The minimum absolute atomic E-state index is 0.0443. The normalized spacial score (nSPS) is 11.3. The third kappa shape index (κ3) is 3.08. The number of halogens is 1. The van der Waals surface area contributed by atoms with Crippen LogP contribution in [0.2, 0.25) is 4.34 Å². The molecule has 0 amide bonds. The number of nitrogens with zero attached hydrogens (tertiary/aromatic N) is 2. The first-order valence-corrected chi connectivity index (χ1v) is 10.2. The minimum atomic E-state index is -0.191. The fourth-order valence-corrected chi connectivity index (χ4v) is 5.37. The maximum Gasteiger partial charge on any atom is 0.263 e. The Morgan fingerprint density at radius 3 is 2.76 bits per heavy atom. The molecule has 0 aliphatic carbocycles. The molecule has 0 atom stereocenters. The summed E-state index contributed by atoms with van der Waals surface area (Å²) < 4.78 is 1.92. The number of carbonyl (C=O) groups is 1. The first-order chi connectivity index (χ1) is 12.0. The molecular formula is C17H11ClN2O2S3. The quantitative estimate of drug-likeness (QED) is 0.443. The van der Waals surface area contributed by atoms with Crippen molar-refractivity contribution in [3.05, 3.63) is 60.4 Å². The molecule has 4 nitrogen and oxygen atoms in total. The van der Waals surface area contributed by atoms with Crippen LogP contribution < -0.4 is 5.56 Å². The molecule has 126 valence electrons. The number of ketones is 1. The monoisotopic (exact) mass is 406 g/mol. The van der Waals surface area contributed by atoms with E-state index in [0.29, 0.717) is 19.4 Å². The van der Waals surface area contributed by atoms with E-state index in [9.17, 15) is 9.59 Å². The molecule has 0 spiro atoms. The van der Waals surface area contributed by atoms with Crippen LogP contribution in [0, 0.1) is 6.92 Å². The van der Waals surface area contributed by atoms with E-state index in [1.165, 1.54) is 38.4 Å². The van der Waals surface area contributed by atoms with E-state index in [0.717, 1.165) is 10.4 Å². The maximum atomic E-state index is 12.9. The summed E-state index contributed by atoms with van der Waals surface area (Å²) in [6.07, 6.45) is 1.44. The average molecular weight is 407 g/mol. The van der Waals surface area contributed by atoms with Gasteiger partial charge in [-0.15, -0.1) is 34.0 Å². The van der Waals surface area contributed by atoms with Crippen molar-refractivity contribution in [3.63, 3.8) is 0 Å². The molecule has 25 heavy (non-hydrogen) atoms. The number of aryl methyl sites for hydroxylation is 1. The number of hydrogen-bond donors (Lipinski definition) is 0. The SMILES string of the molecule is Cc1ccc(-c2csc3ncn(CC(=O)c4ccc(Cl)s4)c(=O)c23)s1. The van der Waals surface area contributed by atoms with Crippen LogP contribution in [0.4, 0.5) is 0 Å². The van der Waals surface area contributed by atoms with Crippen molar-refractivity contribution < 1.29 is 4.79 Å². The van der Waals surface area contributed by atoms with Crippen LogP contribution in [0.25, 0.3) is 20.7 Å². The molecule has 0 N–H and O–H groups in total. The number of rotatable bonds is 4. The first-order valence-electron chi connectivity index (χ1n) is 7.35. The molecule has 4 heterocycles. The predicted molar refractivity (Wildman–Crippen MR) is 106 cm³/mol. The molecule has 4 aromatic heterocycles. The van der Waals surface area contributed by atoms with Crippen LogP contribution >= 0.6 is 45.6 Å². The van der Waals surface area contributed by atoms with Crippen LogP contribution in [0.1, 0.15) is 14.5 Å². The summed E-state index contributed by atoms with van der Waals surface area (Å²) in [6, 6.07) is 7.40. The topological polar surface area (TPSA) is 52.0 Å². The Kier molecular flexibility index (Phi) is 4.33. The Hall–Kier alpha value is -1.80. The number of hydrogen-bond acceptors (Lipinski definition) is 6. The lowest BCUT2D eigenvalue weighted by molar-refractivity contribution is 0.0974. The van der Waals surface area contributed by atoms with Gasteiger partial charge in [-0.3, -0.25) is 14.2 Å². The zero-order valence-corrected chi connectivity index (χ0v) is 16.2. The number of aromatic nitrogens is 2. The highest BCUT2D eigenvalue weighted by molar-refractivity contribution is 7.19. The van der Waals surface area contributed by atoms with Gasteiger partial charge in [0.05, 0.1) is 27.5 Å². The lowest BCUT2D eigenvalue weighted by Gasteiger charge is -2.04. The molecule has 0 radical (unpaired) electrons. The Balaban J connectivity index is 1.77. The van der Waals surface area contributed by atoms with E-state index in [1.807, 2.05) is 24.4 Å². The van der Waals surface area contributed by atoms with Gasteiger partial charge in [-0.2, -0.15) is 0 Å². The third-order valence-corrected chi connectivity index (χ3v) is 6.92. The molecule has 0 aliphatic heterocycles. The van der Waals surface area contributed by atoms with Gasteiger partial charge in [0.1, 0.15) is 4.83 Å². The minimum Gasteiger partial charge on any atom is -0.291 e. The molecule has 0 aromatic carbocycles. The van der Waals surface area contributed by atoms with Crippen molar-refractivity contribution >= 4 is 61.6 Å². The standard InChI is InChI=1S/C17H11ClN2O2S3/c1-9-2-3-12(24-9)10-7-23-16-15(10)17(22)20(8-19-16)6-11(21)13-4-5-14(18)25-13/h2-5,7-8H,6H2,1H3. The molecule has 0 saturated carbocycles. The second kappa shape index (κ2) is 6.49. The molecule has 0 aliphatic rings. The van der Waals surface area contributed by atoms with E-state index < -0.39 is 0 Å². The van der Waals surface area contributed by atoms with Crippen molar-refractivity contribution in [1.29, 1.82) is 0 Å². The fourth-order valence-electron chi connectivity index (χ4n) is 2.54. The summed E-state index contributed by atoms with van der Waals surface area (Å²) in [5.74, 6) is -0.149. The summed E-state index contributed by atoms with van der Waals surface area (Å²) in [6.45, 7) is 1.99. The van der Waals surface area contributed by atoms with Crippen molar-refractivity contribution in [1.82, 2.24) is 9.55 Å². The molecule has 4 rings (SSSR count). The van der Waals surface area contributed by atoms with Crippen molar-refractivity contribution in [2.24, 2.45) is 0 Å². The van der Waals surface area contributed by atoms with Gasteiger partial charge >= 0.3 is 0 Å². The lowest BCUT2D eigenvalue weighted by atomic mass is 10.2. The van der Waals surface area contributed by atoms with Crippen LogP contribution in [0.3, 0.4) is 0 Å². The summed E-state index contributed by atoms with van der Waals surface area (Å²) in [7, 11) is 0. The molecule has 4 aromatic rings. The third-order valence-electron chi connectivity index (χ3n) is 3.73. The Bertz CT molecular complexity index is 1150. The lowest BCUT2D eigenvalue weighted by Crippen LogP contribution is -2.24. The number of carbonyl (C=O) groups excluding carboxylic acids is 1. The van der Waals surface area contributed by atoms with Crippen molar-refractivity contribution in [2.75, 3.05) is 0 Å². The summed E-state index contributed by atoms with van der Waals surface area (Å²) in [5, 5.41) is 2.53. The zero-order valence-electron chi connectivity index (χ0n) is 13.0. The molecule has 0 bridgehead atoms. The van der Waals surface area contributed by atoms with Crippen LogP contribution in [-0.2, 0) is 6.54 Å². The van der Waals surface area contributed by atoms with Crippen LogP contribution in [-0.4, -0.2) is 15.3 Å². The van der Waals surface area contributed by atoms with Gasteiger partial charge in [0.15, 0.2) is 5.78 Å². The molecule has 0 fully saturated rings. The van der Waals surface area contributed by atoms with E-state index in [1.54, 1.807) is 23.5 Å². The highest BCUT2D eigenvalue weighted by Gasteiger charge is 2.17. The molecule has 0 unspecified atom stereocenters. The summed E-state index contributed by atoms with van der Waals surface area (Å²) in [4.78, 5) is 33.1. The highest BCUT2D eigenvalue weighted by Crippen LogP contribution is 2.34. The smallest absolute Gasteiger partial charge is 0.263 e. The van der Waals surface area contributed by atoms with Gasteiger partial charge in [0.2, 0.25) is 0 Å². The van der Waals surface area contributed by atoms with Gasteiger partial charge in [-0.1, -0.05) is 11.6 Å². The molecule has 8 heteroatoms. The largest absolute Gasteiger partial charge is 0.291 e. The molecule has 0 saturated heterocycles. The van der Waals surface area contributed by atoms with E-state index in [4.69, 9.17) is 11.6 Å². The van der Waals surface area contributed by atoms with Gasteiger partial charge in [-0.25, -0.2) is 4.98 Å². The van der Waals surface area contributed by atoms with Gasteiger partial charge in [0.25, 0.3) is 5.56 Å². The van der Waals surface area contributed by atoms with Crippen molar-refractivity contribution in [2.45, 2.75) is 13.5 Å². The average Bonchev–Trinajstić information content (AvgIpc) is 3.29. The van der Waals surface area contributed by atoms with Crippen molar-refractivity contribution in [3.8, 4) is 10.4 Å².